The molecule has 34 heteroatoms. The van der Waals surface area contributed by atoms with Crippen LogP contribution in [0.4, 0.5) is 0 Å². The Morgan fingerprint density at radius 2 is 0.696 bits per heavy atom. The molecule has 4 aromatic carbocycles. The number of nitrogens with zero attached hydrogens (tertiary/aromatic N) is 4. The molecule has 0 bridgehead atoms. The van der Waals surface area contributed by atoms with Crippen molar-refractivity contribution in [3.8, 4) is 23.0 Å². The van der Waals surface area contributed by atoms with E-state index >= 15 is 0 Å². The van der Waals surface area contributed by atoms with Crippen LogP contribution in [0.2, 0.25) is 0 Å². The number of carboxylic acids is 2. The van der Waals surface area contributed by atoms with Gasteiger partial charge in [0.1, 0.15) is 34.2 Å². The maximum atomic E-state index is 12.8. The Morgan fingerprint density at radius 1 is 0.461 bits per heavy atom. The molecule has 8 rings (SSSR count). The minimum absolute atomic E-state index is 0. The molecule has 10 N–H and O–H groups in total. The van der Waals surface area contributed by atoms with Gasteiger partial charge in [0.15, 0.2) is 26.4 Å². The van der Waals surface area contributed by atoms with Gasteiger partial charge in [0.2, 0.25) is 0 Å². The molecule has 0 radical (unpaired) electrons. The molecule has 0 spiro atoms. The van der Waals surface area contributed by atoms with E-state index in [0.29, 0.717) is 78.4 Å². The number of hydrogen-bond donors (Lipinski definition) is 7. The van der Waals surface area contributed by atoms with Crippen LogP contribution in [0.5, 0.6) is 23.0 Å². The van der Waals surface area contributed by atoms with Crippen LogP contribution < -0.4 is 71.4 Å². The molecule has 544 valence electrons. The fraction of sp³-hybridized carbons (Fsp3) is 0.338. The van der Waals surface area contributed by atoms with Crippen molar-refractivity contribution in [1.82, 2.24) is 18.3 Å². The maximum absolute atomic E-state index is 12.8. The molecular weight excluding hydrogens is 1460 g/mol. The largest absolute Gasteiger partial charge is 1.00 e. The second-order valence-corrected chi connectivity index (χ2v) is 25.5. The fourth-order valence-electron chi connectivity index (χ4n) is 10.2. The average Bonchev–Trinajstić information content (AvgIpc) is 1.63. The number of halogens is 1. The Kier molecular flexibility index (Phi) is 33.2. The van der Waals surface area contributed by atoms with Crippen LogP contribution in [-0.2, 0) is 88.3 Å². The zero-order valence-electron chi connectivity index (χ0n) is 56.5. The molecule has 8 aromatic rings. The standard InChI is InChI=1S/C28H26N4O10S.C18H21BrN2O5.C18H22N2O5S.C2H4OS.2CH4.Na/c1-13-21(25(37)27(29)39)23-15(5-3-7-17(23)41-9-19(33)34)31(13)11-43-12-32-14(2)22(26(38)28(30)40)24-16(32)6-4-8-18(24)42-10-20(35)36;1-10-14(16(23)17(20)24)15-11(21(10)9-19)6-5-7-12(15)25-8-13(22)26-18(2,3)4;1-10-14(16(22)17(19)23)15-11(20(10)9-26)6-5-7-12(15)24-8-13(21)25-18(2,3)4;1-2(3)4;;;/h3-8H,9-12H2,1-2H3,(H2,29,39)(H2,30,40)(H,33,34)(H,35,36);5-7H,8-9H2,1-4H3,(H2,20,24);5-7,26H,8-9H2,1-4H3,(H2,19,23);1H3,(H,3,4);2*1H4;/q;;;;;;+1/p-1. The third kappa shape index (κ3) is 21.9. The van der Waals surface area contributed by atoms with Crippen molar-refractivity contribution in [1.29, 1.82) is 0 Å². The number of carboxylic acid groups (broad SMARTS) is 2. The number of rotatable bonds is 26. The smallest absolute Gasteiger partial charge is 0.742 e. The molecule has 0 atom stereocenters. The van der Waals surface area contributed by atoms with Gasteiger partial charge >= 0.3 is 53.4 Å². The molecule has 102 heavy (non-hydrogen) atoms. The van der Waals surface area contributed by atoms with Crippen molar-refractivity contribution in [2.75, 3.05) is 26.4 Å². The van der Waals surface area contributed by atoms with Crippen molar-refractivity contribution < 1.29 is 131 Å². The van der Waals surface area contributed by atoms with Crippen molar-refractivity contribution in [3.05, 3.63) is 118 Å². The first-order chi connectivity index (χ1) is 46.2. The number of hydrogen-bond acceptors (Lipinski definition) is 22. The number of benzene rings is 4. The van der Waals surface area contributed by atoms with Gasteiger partial charge in [-0.2, -0.15) is 12.6 Å². The first-order valence-corrected chi connectivity index (χ1v) is 32.7. The van der Waals surface area contributed by atoms with Crippen LogP contribution in [0.3, 0.4) is 0 Å². The third-order valence-electron chi connectivity index (χ3n) is 14.0. The molecule has 4 aromatic heterocycles. The summed E-state index contributed by atoms with van der Waals surface area (Å²) in [6, 6.07) is 19.8. The minimum atomic E-state index is -1.23. The number of ketones is 4. The van der Waals surface area contributed by atoms with Gasteiger partial charge in [-0.25, -0.2) is 19.2 Å². The number of fused-ring (bicyclic) bond motifs is 4. The average molecular weight is 1540 g/mol. The second kappa shape index (κ2) is 38.1. The SMILES string of the molecule is C.C.CC(=O)[S-].Cc1c(C(=O)C(N)=O)c2c(OCC(=O)O)cccc2n1CSCn1c(C)c(C(=O)C(N)=O)c2c(OCC(=O)O)cccc21.Cc1c(C(=O)C(N)=O)c2c(OCC(=O)OC(C)(C)C)cccc2n1CBr.Cc1c(C(=O)C(N)=O)c2c(OCC(=O)OC(C)(C)C)cccc2n1CS.[Na+]. The van der Waals surface area contributed by atoms with E-state index in [1.165, 1.54) is 30.8 Å². The van der Waals surface area contributed by atoms with Crippen LogP contribution in [0.15, 0.2) is 72.8 Å². The number of primary amides is 4. The maximum Gasteiger partial charge on any atom is 1.00 e. The van der Waals surface area contributed by atoms with Crippen molar-refractivity contribution in [3.63, 3.8) is 0 Å². The number of carbonyl (C=O) groups excluding carboxylic acids is 11. The second-order valence-electron chi connectivity index (χ2n) is 23.3. The summed E-state index contributed by atoms with van der Waals surface area (Å²) in [7, 11) is 0. The van der Waals surface area contributed by atoms with Gasteiger partial charge in [0, 0.05) is 27.9 Å². The topological polar surface area (TPSA) is 442 Å². The molecule has 4 heterocycles. The van der Waals surface area contributed by atoms with E-state index in [4.69, 9.17) is 61.6 Å². The number of thiol groups is 1. The molecule has 0 aliphatic carbocycles. The predicted octanol–water partition coefficient (Wildman–Crippen LogP) is 5.10. The van der Waals surface area contributed by atoms with Crippen molar-refractivity contribution in [2.24, 2.45) is 22.9 Å². The Morgan fingerprint density at radius 3 is 0.931 bits per heavy atom. The number of aromatic nitrogens is 4. The molecule has 0 fully saturated rings. The number of esters is 2. The summed E-state index contributed by atoms with van der Waals surface area (Å²) in [4.78, 5) is 152. The Hall–Kier alpha value is -9.25. The number of aliphatic carboxylic acids is 2. The number of ether oxygens (including phenoxy) is 6. The van der Waals surface area contributed by atoms with Gasteiger partial charge in [-0.3, -0.25) is 38.4 Å². The summed E-state index contributed by atoms with van der Waals surface area (Å²) >= 11 is 13.0. The summed E-state index contributed by atoms with van der Waals surface area (Å²) < 4.78 is 39.5. The Bertz CT molecular complexity index is 4300. The molecule has 0 saturated heterocycles. The van der Waals surface area contributed by atoms with Gasteiger partial charge < -0.3 is 97.3 Å². The zero-order valence-corrected chi connectivity index (χ0v) is 62.6. The van der Waals surface area contributed by atoms with Gasteiger partial charge in [-0.05, 0) is 125 Å². The third-order valence-corrected chi connectivity index (χ3v) is 15.7. The monoisotopic (exact) mass is 1540 g/mol. The number of carbonyl (C=O) groups is 13. The number of nitrogens with two attached hydrogens (primary N) is 4. The van der Waals surface area contributed by atoms with Crippen LogP contribution in [-0.4, -0.2) is 142 Å². The van der Waals surface area contributed by atoms with E-state index < -0.39 is 95.1 Å². The van der Waals surface area contributed by atoms with Crippen molar-refractivity contribution in [2.45, 2.75) is 125 Å². The molecule has 0 saturated carbocycles. The van der Waals surface area contributed by atoms with Crippen LogP contribution in [0, 0.1) is 27.7 Å². The van der Waals surface area contributed by atoms with Gasteiger partial charge in [-0.1, -0.05) is 55.0 Å². The van der Waals surface area contributed by atoms with E-state index in [1.807, 2.05) is 4.57 Å². The minimum Gasteiger partial charge on any atom is -0.742 e. The van der Waals surface area contributed by atoms with Gasteiger partial charge in [0.05, 0.1) is 88.9 Å². The van der Waals surface area contributed by atoms with Gasteiger partial charge in [0.25, 0.3) is 46.8 Å². The Labute approximate surface area is 632 Å². The fourth-order valence-corrected chi connectivity index (χ4v) is 12.4. The molecule has 0 aliphatic rings. The van der Waals surface area contributed by atoms with E-state index in [9.17, 15) is 62.3 Å². The van der Waals surface area contributed by atoms with Crippen LogP contribution in [0.1, 0.15) is 128 Å². The van der Waals surface area contributed by atoms with Gasteiger partial charge in [-0.15, -0.1) is 11.8 Å². The Balaban J connectivity index is 0.000000522. The first-order valence-electron chi connectivity index (χ1n) is 29.4. The normalized spacial score (nSPS) is 10.7. The number of amides is 4. The number of Topliss-reactive ketones (excluding diaryl/α,β-unsaturated/α-hetero) is 4. The number of alkyl halides is 1. The van der Waals surface area contributed by atoms with E-state index in [2.05, 4.69) is 41.2 Å². The van der Waals surface area contributed by atoms with E-state index in [1.54, 1.807) is 144 Å². The van der Waals surface area contributed by atoms with E-state index in [0.717, 1.165) is 0 Å². The number of thioether (sulfide) groups is 1. The van der Waals surface area contributed by atoms with E-state index in [-0.39, 0.29) is 119 Å². The molecular formula is C68H80BrN8NaO21S3. The molecule has 0 aliphatic heterocycles. The summed E-state index contributed by atoms with van der Waals surface area (Å²) in [6.45, 7) is 16.5. The summed E-state index contributed by atoms with van der Waals surface area (Å²) in [5.74, 6) is -10.1. The summed E-state index contributed by atoms with van der Waals surface area (Å²) in [6.07, 6.45) is 0. The molecule has 0 unspecified atom stereocenters. The molecule has 29 nitrogen and oxygen atoms in total. The predicted molar refractivity (Wildman–Crippen MR) is 387 cm³/mol. The quantitative estimate of drug-likeness (QED) is 0.00705. The first kappa shape index (κ1) is 88.8. The summed E-state index contributed by atoms with van der Waals surface area (Å²) in [5.41, 5.74) is 24.7. The molecule has 4 amide bonds. The van der Waals surface area contributed by atoms with Crippen LogP contribution >= 0.6 is 40.3 Å². The zero-order chi connectivity index (χ0) is 74.5. The summed E-state index contributed by atoms with van der Waals surface area (Å²) in [5, 5.41) is 19.2. The van der Waals surface area contributed by atoms with Crippen LogP contribution in [0.25, 0.3) is 43.6 Å². The van der Waals surface area contributed by atoms with Crippen molar-refractivity contribution >= 4 is 172 Å².